The fourth-order valence-corrected chi connectivity index (χ4v) is 4.17. The first-order valence-corrected chi connectivity index (χ1v) is 10.2. The molecule has 0 unspecified atom stereocenters. The Morgan fingerprint density at radius 2 is 1.86 bits per heavy atom. The van der Waals surface area contributed by atoms with E-state index in [0.717, 1.165) is 37.8 Å². The first-order valence-electron chi connectivity index (χ1n) is 9.36. The third-order valence-corrected chi connectivity index (χ3v) is 5.61. The zero-order valence-corrected chi connectivity index (χ0v) is 16.8. The van der Waals surface area contributed by atoms with Crippen LogP contribution < -0.4 is 9.80 Å². The van der Waals surface area contributed by atoms with E-state index in [1.54, 1.807) is 30.6 Å². The number of carbonyl (C=O) groups is 1. The van der Waals surface area contributed by atoms with E-state index >= 15 is 0 Å². The third-order valence-electron chi connectivity index (χ3n) is 4.73. The second-order valence-electron chi connectivity index (χ2n) is 6.74. The number of anilines is 3. The molecule has 3 heterocycles. The normalized spacial score (nSPS) is 14.8. The summed E-state index contributed by atoms with van der Waals surface area (Å²) in [5.74, 6) is 0.0382. The summed E-state index contributed by atoms with van der Waals surface area (Å²) >= 11 is 1.35. The van der Waals surface area contributed by atoms with Gasteiger partial charge in [0.15, 0.2) is 5.13 Å². The van der Waals surface area contributed by atoms with Crippen molar-refractivity contribution in [2.75, 3.05) is 36.0 Å². The van der Waals surface area contributed by atoms with Crippen molar-refractivity contribution in [1.82, 2.24) is 19.9 Å². The highest BCUT2D eigenvalue weighted by atomic mass is 32.1. The number of benzene rings is 1. The quantitative estimate of drug-likeness (QED) is 0.642. The molecule has 150 valence electrons. The smallest absolute Gasteiger partial charge is 0.230 e. The van der Waals surface area contributed by atoms with Crippen LogP contribution >= 0.6 is 11.3 Å². The molecule has 3 aromatic rings. The average Bonchev–Trinajstić information content (AvgIpc) is 3.18. The maximum Gasteiger partial charge on any atom is 0.230 e. The molecular weight excluding hydrogens is 391 g/mol. The molecule has 0 spiro atoms. The Kier molecular flexibility index (Phi) is 5.77. The van der Waals surface area contributed by atoms with Crippen molar-refractivity contribution >= 4 is 34.0 Å². The summed E-state index contributed by atoms with van der Waals surface area (Å²) in [6.45, 7) is 5.52. The van der Waals surface area contributed by atoms with Crippen LogP contribution in [-0.4, -0.2) is 51.9 Å². The van der Waals surface area contributed by atoms with Crippen LogP contribution in [0.4, 0.5) is 21.2 Å². The second-order valence-corrected chi connectivity index (χ2v) is 7.58. The van der Waals surface area contributed by atoms with E-state index in [2.05, 4.69) is 24.8 Å². The molecule has 1 saturated heterocycles. The number of rotatable bonds is 5. The Bertz CT molecular complexity index is 974. The fourth-order valence-electron chi connectivity index (χ4n) is 3.30. The molecule has 1 aliphatic heterocycles. The van der Waals surface area contributed by atoms with Crippen LogP contribution in [0.1, 0.15) is 12.6 Å². The lowest BCUT2D eigenvalue weighted by molar-refractivity contribution is -0.115. The van der Waals surface area contributed by atoms with Crippen molar-refractivity contribution in [3.63, 3.8) is 0 Å². The standard InChI is InChI=1S/C20H21FN6OS/c1-15(28)27(18-6-3-2-5-17(18)21)20-24-16(14-29-20)13-25-9-11-26(12-10-25)19-22-7-4-8-23-19/h2-8,14H,9-13H2,1H3. The minimum atomic E-state index is -0.446. The van der Waals surface area contributed by atoms with Gasteiger partial charge in [0.25, 0.3) is 0 Å². The molecule has 0 N–H and O–H groups in total. The van der Waals surface area contributed by atoms with Crippen molar-refractivity contribution in [3.05, 3.63) is 59.6 Å². The van der Waals surface area contributed by atoms with Gasteiger partial charge in [0.2, 0.25) is 11.9 Å². The first kappa shape index (κ1) is 19.4. The zero-order valence-electron chi connectivity index (χ0n) is 16.0. The summed E-state index contributed by atoms with van der Waals surface area (Å²) in [6.07, 6.45) is 3.50. The number of piperazine rings is 1. The highest BCUT2D eigenvalue weighted by Crippen LogP contribution is 2.31. The SMILES string of the molecule is CC(=O)N(c1nc(CN2CCN(c3ncccn3)CC2)cs1)c1ccccc1F. The van der Waals surface area contributed by atoms with E-state index in [4.69, 9.17) is 0 Å². The van der Waals surface area contributed by atoms with E-state index in [-0.39, 0.29) is 11.6 Å². The average molecular weight is 412 g/mol. The number of carbonyl (C=O) groups excluding carboxylic acids is 1. The van der Waals surface area contributed by atoms with Crippen molar-refractivity contribution in [3.8, 4) is 0 Å². The maximum absolute atomic E-state index is 14.2. The number of nitrogens with zero attached hydrogens (tertiary/aromatic N) is 6. The van der Waals surface area contributed by atoms with Crippen LogP contribution in [0.5, 0.6) is 0 Å². The lowest BCUT2D eigenvalue weighted by Gasteiger charge is -2.34. The molecule has 0 atom stereocenters. The largest absolute Gasteiger partial charge is 0.338 e. The van der Waals surface area contributed by atoms with Crippen LogP contribution in [0, 0.1) is 5.82 Å². The van der Waals surface area contributed by atoms with Crippen LogP contribution in [0.3, 0.4) is 0 Å². The summed E-state index contributed by atoms with van der Waals surface area (Å²) in [7, 11) is 0. The van der Waals surface area contributed by atoms with Gasteiger partial charge in [0, 0.05) is 57.4 Å². The lowest BCUT2D eigenvalue weighted by atomic mass is 10.3. The highest BCUT2D eigenvalue weighted by Gasteiger charge is 2.23. The van der Waals surface area contributed by atoms with Crippen molar-refractivity contribution < 1.29 is 9.18 Å². The molecule has 1 amide bonds. The van der Waals surface area contributed by atoms with Gasteiger partial charge in [-0.2, -0.15) is 0 Å². The molecular formula is C20H21FN6OS. The fraction of sp³-hybridized carbons (Fsp3) is 0.300. The van der Waals surface area contributed by atoms with E-state index in [9.17, 15) is 9.18 Å². The molecule has 0 radical (unpaired) electrons. The van der Waals surface area contributed by atoms with Gasteiger partial charge in [-0.05, 0) is 18.2 Å². The molecule has 1 fully saturated rings. The summed E-state index contributed by atoms with van der Waals surface area (Å²) in [5.41, 5.74) is 1.09. The zero-order chi connectivity index (χ0) is 20.2. The summed E-state index contributed by atoms with van der Waals surface area (Å²) in [5, 5.41) is 2.41. The Morgan fingerprint density at radius 1 is 1.14 bits per heavy atom. The molecule has 1 aliphatic rings. The summed E-state index contributed by atoms with van der Waals surface area (Å²) < 4.78 is 14.2. The van der Waals surface area contributed by atoms with Crippen LogP contribution in [0.25, 0.3) is 0 Å². The minimum Gasteiger partial charge on any atom is -0.338 e. The van der Waals surface area contributed by atoms with E-state index in [1.807, 2.05) is 11.4 Å². The summed E-state index contributed by atoms with van der Waals surface area (Å²) in [6, 6.07) is 8.05. The Labute approximate surface area is 172 Å². The highest BCUT2D eigenvalue weighted by molar-refractivity contribution is 7.14. The minimum absolute atomic E-state index is 0.220. The maximum atomic E-state index is 14.2. The molecule has 0 aliphatic carbocycles. The number of hydrogen-bond donors (Lipinski definition) is 0. The van der Waals surface area contributed by atoms with Gasteiger partial charge < -0.3 is 4.90 Å². The Hall–Kier alpha value is -2.91. The van der Waals surface area contributed by atoms with E-state index in [1.165, 1.54) is 29.2 Å². The third kappa shape index (κ3) is 4.41. The molecule has 4 rings (SSSR count). The predicted molar refractivity (Wildman–Crippen MR) is 111 cm³/mol. The lowest BCUT2D eigenvalue weighted by Crippen LogP contribution is -2.46. The monoisotopic (exact) mass is 412 g/mol. The topological polar surface area (TPSA) is 65.5 Å². The molecule has 29 heavy (non-hydrogen) atoms. The number of para-hydroxylation sites is 1. The molecule has 9 heteroatoms. The van der Waals surface area contributed by atoms with Crippen molar-refractivity contribution in [2.45, 2.75) is 13.5 Å². The van der Waals surface area contributed by atoms with Gasteiger partial charge in [-0.3, -0.25) is 14.6 Å². The second kappa shape index (κ2) is 8.62. The van der Waals surface area contributed by atoms with E-state index < -0.39 is 5.82 Å². The predicted octanol–water partition coefficient (Wildman–Crippen LogP) is 3.08. The van der Waals surface area contributed by atoms with Crippen LogP contribution in [-0.2, 0) is 11.3 Å². The van der Waals surface area contributed by atoms with E-state index in [0.29, 0.717) is 11.7 Å². The number of aromatic nitrogens is 3. The molecule has 0 saturated carbocycles. The molecule has 7 nitrogen and oxygen atoms in total. The number of halogens is 1. The van der Waals surface area contributed by atoms with Crippen molar-refractivity contribution in [2.24, 2.45) is 0 Å². The number of hydrogen-bond acceptors (Lipinski definition) is 7. The molecule has 0 bridgehead atoms. The van der Waals surface area contributed by atoms with Crippen molar-refractivity contribution in [1.29, 1.82) is 0 Å². The van der Waals surface area contributed by atoms with Gasteiger partial charge in [0.05, 0.1) is 11.4 Å². The van der Waals surface area contributed by atoms with Gasteiger partial charge in [-0.25, -0.2) is 19.3 Å². The van der Waals surface area contributed by atoms with Gasteiger partial charge in [0.1, 0.15) is 5.82 Å². The number of amides is 1. The Morgan fingerprint density at radius 3 is 2.55 bits per heavy atom. The van der Waals surface area contributed by atoms with Gasteiger partial charge in [-0.15, -0.1) is 11.3 Å². The summed E-state index contributed by atoms with van der Waals surface area (Å²) in [4.78, 5) is 31.2. The van der Waals surface area contributed by atoms with Gasteiger partial charge in [-0.1, -0.05) is 12.1 Å². The first-order chi connectivity index (χ1) is 14.1. The Balaban J connectivity index is 1.42. The van der Waals surface area contributed by atoms with Crippen LogP contribution in [0.2, 0.25) is 0 Å². The molecule has 2 aromatic heterocycles. The molecule has 1 aromatic carbocycles. The van der Waals surface area contributed by atoms with Gasteiger partial charge >= 0.3 is 0 Å². The number of thiazole rings is 1. The van der Waals surface area contributed by atoms with Crippen LogP contribution in [0.15, 0.2) is 48.1 Å².